The number of aromatic nitrogens is 2. The molecular weight excluding hydrogens is 184 g/mol. The van der Waals surface area contributed by atoms with Crippen LogP contribution in [0.4, 0.5) is 0 Å². The Balaban J connectivity index is 3.36. The van der Waals surface area contributed by atoms with Gasteiger partial charge in [-0.05, 0) is 0 Å². The van der Waals surface area contributed by atoms with Gasteiger partial charge in [0.05, 0.1) is 6.20 Å². The van der Waals surface area contributed by atoms with Crippen molar-refractivity contribution in [2.45, 2.75) is 5.03 Å². The van der Waals surface area contributed by atoms with Gasteiger partial charge in [0.15, 0.2) is 14.9 Å². The average Bonchev–Trinajstić information content (AvgIpc) is 2.30. The lowest BCUT2D eigenvalue weighted by atomic mass is 10.4. The summed E-state index contributed by atoms with van der Waals surface area (Å²) in [6, 6.07) is 0. The average molecular weight is 190 g/mol. The van der Waals surface area contributed by atoms with Crippen LogP contribution in [-0.2, 0) is 9.84 Å². The number of hydrogen-bond acceptors (Lipinski definition) is 4. The summed E-state index contributed by atoms with van der Waals surface area (Å²) >= 11 is 0. The van der Waals surface area contributed by atoms with Gasteiger partial charge in [-0.2, -0.15) is 5.10 Å². The lowest BCUT2D eigenvalue weighted by molar-refractivity contribution is 0.0692. The zero-order valence-electron chi connectivity index (χ0n) is 6.10. The Bertz CT molecular complexity index is 405. The zero-order valence-corrected chi connectivity index (χ0v) is 6.92. The maximum atomic E-state index is 10.9. The number of nitrogens with one attached hydrogen (secondary N) is 1. The summed E-state index contributed by atoms with van der Waals surface area (Å²) < 4.78 is 21.8. The second kappa shape index (κ2) is 2.59. The number of carboxylic acids is 1. The zero-order chi connectivity index (χ0) is 9.35. The molecule has 0 aromatic carbocycles. The van der Waals surface area contributed by atoms with E-state index < -0.39 is 15.8 Å². The van der Waals surface area contributed by atoms with Gasteiger partial charge in [0.1, 0.15) is 5.56 Å². The quantitative estimate of drug-likeness (QED) is 0.655. The van der Waals surface area contributed by atoms with Gasteiger partial charge >= 0.3 is 5.97 Å². The van der Waals surface area contributed by atoms with Gasteiger partial charge < -0.3 is 5.11 Å². The van der Waals surface area contributed by atoms with Crippen molar-refractivity contribution < 1.29 is 18.3 Å². The van der Waals surface area contributed by atoms with Crippen LogP contribution < -0.4 is 0 Å². The van der Waals surface area contributed by atoms with Crippen molar-refractivity contribution in [1.29, 1.82) is 0 Å². The number of hydrogen-bond donors (Lipinski definition) is 2. The van der Waals surface area contributed by atoms with Gasteiger partial charge in [0, 0.05) is 6.26 Å². The highest BCUT2D eigenvalue weighted by molar-refractivity contribution is 7.90. The predicted octanol–water partition coefficient (Wildman–Crippen LogP) is -0.489. The maximum Gasteiger partial charge on any atom is 0.340 e. The van der Waals surface area contributed by atoms with E-state index in [4.69, 9.17) is 5.11 Å². The molecule has 0 aliphatic carbocycles. The van der Waals surface area contributed by atoms with Gasteiger partial charge in [-0.25, -0.2) is 13.2 Å². The van der Waals surface area contributed by atoms with Crippen LogP contribution in [0.1, 0.15) is 10.4 Å². The van der Waals surface area contributed by atoms with Crippen LogP contribution in [-0.4, -0.2) is 35.9 Å². The number of aromatic amines is 1. The standard InChI is InChI=1S/C5H6N2O4S/c1-12(10,11)4-3(5(8)9)2-6-7-4/h2H,1H3,(H,6,7)(H,8,9). The molecule has 1 aromatic heterocycles. The van der Waals surface area contributed by atoms with Crippen LogP contribution in [0.2, 0.25) is 0 Å². The number of nitrogens with zero attached hydrogens (tertiary/aromatic N) is 1. The van der Waals surface area contributed by atoms with E-state index in [2.05, 4.69) is 10.2 Å². The molecule has 1 rings (SSSR count). The van der Waals surface area contributed by atoms with Crippen molar-refractivity contribution in [2.75, 3.05) is 6.26 Å². The van der Waals surface area contributed by atoms with Crippen molar-refractivity contribution in [3.05, 3.63) is 11.8 Å². The molecule has 0 radical (unpaired) electrons. The van der Waals surface area contributed by atoms with Crippen molar-refractivity contribution in [3.63, 3.8) is 0 Å². The Labute approximate surface area is 68.1 Å². The topological polar surface area (TPSA) is 100 Å². The molecule has 0 saturated carbocycles. The number of aromatic carboxylic acids is 1. The summed E-state index contributed by atoms with van der Waals surface area (Å²) in [6.45, 7) is 0. The molecule has 0 aliphatic rings. The maximum absolute atomic E-state index is 10.9. The minimum atomic E-state index is -3.53. The highest BCUT2D eigenvalue weighted by Crippen LogP contribution is 2.10. The van der Waals surface area contributed by atoms with E-state index in [-0.39, 0.29) is 10.6 Å². The number of carboxylic acid groups (broad SMARTS) is 1. The third kappa shape index (κ3) is 1.45. The van der Waals surface area contributed by atoms with E-state index in [1.165, 1.54) is 0 Å². The minimum absolute atomic E-state index is 0.336. The van der Waals surface area contributed by atoms with Gasteiger partial charge in [0.2, 0.25) is 0 Å². The van der Waals surface area contributed by atoms with E-state index >= 15 is 0 Å². The van der Waals surface area contributed by atoms with E-state index in [1.807, 2.05) is 0 Å². The first-order chi connectivity index (χ1) is 5.43. The molecule has 0 atom stereocenters. The summed E-state index contributed by atoms with van der Waals surface area (Å²) in [7, 11) is -3.53. The molecule has 0 bridgehead atoms. The third-order valence-electron chi connectivity index (χ3n) is 1.21. The lowest BCUT2D eigenvalue weighted by Crippen LogP contribution is -2.05. The molecule has 66 valence electrons. The summed E-state index contributed by atoms with van der Waals surface area (Å²) in [5, 5.41) is 13.6. The Kier molecular flexibility index (Phi) is 1.89. The molecule has 12 heavy (non-hydrogen) atoms. The molecular formula is C5H6N2O4S. The molecule has 0 unspecified atom stereocenters. The smallest absolute Gasteiger partial charge is 0.340 e. The molecule has 0 fully saturated rings. The van der Waals surface area contributed by atoms with Gasteiger partial charge in [0.25, 0.3) is 0 Å². The molecule has 0 aliphatic heterocycles. The summed E-state index contributed by atoms with van der Waals surface area (Å²) in [4.78, 5) is 10.4. The van der Waals surface area contributed by atoms with E-state index in [0.717, 1.165) is 12.5 Å². The van der Waals surface area contributed by atoms with Crippen LogP contribution in [0.25, 0.3) is 0 Å². The summed E-state index contributed by atoms with van der Waals surface area (Å²) in [5.41, 5.74) is -0.336. The van der Waals surface area contributed by atoms with Crippen molar-refractivity contribution in [3.8, 4) is 0 Å². The normalized spacial score (nSPS) is 11.4. The monoisotopic (exact) mass is 190 g/mol. The molecule has 1 heterocycles. The largest absolute Gasteiger partial charge is 0.478 e. The molecule has 2 N–H and O–H groups in total. The predicted molar refractivity (Wildman–Crippen MR) is 38.7 cm³/mol. The second-order valence-corrected chi connectivity index (χ2v) is 4.14. The van der Waals surface area contributed by atoms with E-state index in [0.29, 0.717) is 0 Å². The Morgan fingerprint density at radius 3 is 2.58 bits per heavy atom. The Morgan fingerprint density at radius 2 is 2.25 bits per heavy atom. The highest BCUT2D eigenvalue weighted by Gasteiger charge is 2.20. The fourth-order valence-electron chi connectivity index (χ4n) is 0.709. The molecule has 0 saturated heterocycles. The fraction of sp³-hybridized carbons (Fsp3) is 0.200. The van der Waals surface area contributed by atoms with Crippen LogP contribution in [0.15, 0.2) is 11.2 Å². The second-order valence-electron chi connectivity index (χ2n) is 2.19. The number of H-pyrrole nitrogens is 1. The summed E-state index contributed by atoms with van der Waals surface area (Å²) in [5.74, 6) is -1.32. The van der Waals surface area contributed by atoms with Crippen LogP contribution >= 0.6 is 0 Å². The molecule has 6 nitrogen and oxygen atoms in total. The van der Waals surface area contributed by atoms with Crippen molar-refractivity contribution in [1.82, 2.24) is 10.2 Å². The first-order valence-corrected chi connectivity index (χ1v) is 4.79. The van der Waals surface area contributed by atoms with Crippen LogP contribution in [0, 0.1) is 0 Å². The lowest BCUT2D eigenvalue weighted by Gasteiger charge is -1.93. The Hall–Kier alpha value is -1.37. The first-order valence-electron chi connectivity index (χ1n) is 2.89. The molecule has 1 aromatic rings. The van der Waals surface area contributed by atoms with Crippen LogP contribution in [0.5, 0.6) is 0 Å². The number of rotatable bonds is 2. The van der Waals surface area contributed by atoms with Crippen molar-refractivity contribution in [2.24, 2.45) is 0 Å². The number of sulfone groups is 1. The third-order valence-corrected chi connectivity index (χ3v) is 2.26. The van der Waals surface area contributed by atoms with Crippen LogP contribution in [0.3, 0.4) is 0 Å². The van der Waals surface area contributed by atoms with Crippen molar-refractivity contribution >= 4 is 15.8 Å². The van der Waals surface area contributed by atoms with E-state index in [9.17, 15) is 13.2 Å². The molecule has 0 spiro atoms. The molecule has 0 amide bonds. The number of carbonyl (C=O) groups is 1. The summed E-state index contributed by atoms with van der Waals surface area (Å²) in [6.07, 6.45) is 1.87. The molecule has 7 heteroatoms. The fourth-order valence-corrected chi connectivity index (χ4v) is 1.47. The highest BCUT2D eigenvalue weighted by atomic mass is 32.2. The Morgan fingerprint density at radius 1 is 1.67 bits per heavy atom. The first kappa shape index (κ1) is 8.72. The SMILES string of the molecule is CS(=O)(=O)c1[nH]ncc1C(=O)O. The van der Waals surface area contributed by atoms with E-state index in [1.54, 1.807) is 0 Å². The van der Waals surface area contributed by atoms with Gasteiger partial charge in [-0.3, -0.25) is 5.10 Å². The minimum Gasteiger partial charge on any atom is -0.478 e. The van der Waals surface area contributed by atoms with Gasteiger partial charge in [-0.1, -0.05) is 0 Å². The van der Waals surface area contributed by atoms with Gasteiger partial charge in [-0.15, -0.1) is 0 Å².